The number of carbonyl (C=O) groups excluding carboxylic acids is 5. The number of ether oxygens (including phenoxy) is 1. The first-order chi connectivity index (χ1) is 42.6. The molecule has 498 valence electrons. The van der Waals surface area contributed by atoms with E-state index in [1.165, 1.54) is 43.9 Å². The first kappa shape index (κ1) is 75.2. The number of aliphatic hydroxyl groups excluding tert-OH is 1. The molecule has 1 aliphatic rings. The Balaban J connectivity index is 1.55. The number of carbonyl (C=O) groups is 13. The van der Waals surface area contributed by atoms with E-state index in [-0.39, 0.29) is 110 Å². The quantitative estimate of drug-likeness (QED) is 0.0229. The summed E-state index contributed by atoms with van der Waals surface area (Å²) in [4.78, 5) is 165. The number of carboxylic acids is 8. The van der Waals surface area contributed by atoms with Gasteiger partial charge in [0.05, 0.1) is 25.7 Å². The average Bonchev–Trinajstić information content (AvgIpc) is 1.72. The molecular formula is C56H80N10O24. The summed E-state index contributed by atoms with van der Waals surface area (Å²) in [5, 5.41) is 112. The van der Waals surface area contributed by atoms with Crippen LogP contribution in [-0.4, -0.2) is 276 Å². The lowest BCUT2D eigenvalue weighted by molar-refractivity contribution is -0.146. The topological polar surface area (TPSA) is 519 Å². The molecule has 2 aromatic rings. The van der Waals surface area contributed by atoms with Crippen LogP contribution in [0.2, 0.25) is 0 Å². The Labute approximate surface area is 515 Å². The van der Waals surface area contributed by atoms with Crippen LogP contribution in [0, 0.1) is 0 Å². The zero-order valence-corrected chi connectivity index (χ0v) is 49.2. The summed E-state index contributed by atoms with van der Waals surface area (Å²) in [6.07, 6.45) is -4.42. The molecule has 90 heavy (non-hydrogen) atoms. The van der Waals surface area contributed by atoms with E-state index in [0.717, 1.165) is 0 Å². The Morgan fingerprint density at radius 1 is 0.456 bits per heavy atom. The summed E-state index contributed by atoms with van der Waals surface area (Å²) in [5.41, 5.74) is 1.09. The predicted octanol–water partition coefficient (Wildman–Crippen LogP) is -3.45. The Hall–Kier alpha value is -9.09. The smallest absolute Gasteiger partial charge is 0.326 e. The number of benzene rings is 2. The van der Waals surface area contributed by atoms with Gasteiger partial charge in [0.2, 0.25) is 17.7 Å². The van der Waals surface area contributed by atoms with Gasteiger partial charge in [-0.05, 0) is 61.8 Å². The van der Waals surface area contributed by atoms with Gasteiger partial charge in [0, 0.05) is 91.0 Å². The minimum Gasteiger partial charge on any atom is -0.484 e. The lowest BCUT2D eigenvalue weighted by Crippen LogP contribution is -2.54. The molecule has 2 aromatic carbocycles. The summed E-state index contributed by atoms with van der Waals surface area (Å²) in [7, 11) is 0. The molecule has 1 aliphatic heterocycles. The molecule has 0 aliphatic carbocycles. The van der Waals surface area contributed by atoms with E-state index in [4.69, 9.17) is 9.84 Å². The van der Waals surface area contributed by atoms with Crippen molar-refractivity contribution in [1.29, 1.82) is 0 Å². The van der Waals surface area contributed by atoms with Crippen LogP contribution >= 0.6 is 0 Å². The highest BCUT2D eigenvalue weighted by Gasteiger charge is 2.32. The van der Waals surface area contributed by atoms with Gasteiger partial charge in [0.25, 0.3) is 5.91 Å². The molecule has 0 saturated carbocycles. The maximum absolute atomic E-state index is 13.4. The van der Waals surface area contributed by atoms with Gasteiger partial charge < -0.3 is 87.7 Å². The molecule has 16 N–H and O–H groups in total. The Morgan fingerprint density at radius 2 is 0.956 bits per heavy atom. The number of aliphatic hydroxyl groups is 2. The average molecular weight is 1280 g/mol. The number of nitrogens with zero attached hydrogens (tertiary/aromatic N) is 4. The van der Waals surface area contributed by atoms with Crippen molar-refractivity contribution in [2.24, 2.45) is 0 Å². The lowest BCUT2D eigenvalue weighted by Gasteiger charge is -2.38. The normalized spacial score (nSPS) is 15.7. The van der Waals surface area contributed by atoms with Crippen LogP contribution in [-0.2, 0) is 70.4 Å². The van der Waals surface area contributed by atoms with E-state index in [0.29, 0.717) is 11.1 Å². The molecule has 34 heteroatoms. The van der Waals surface area contributed by atoms with Crippen molar-refractivity contribution in [2.75, 3.05) is 85.1 Å². The largest absolute Gasteiger partial charge is 0.484 e. The fourth-order valence-electron chi connectivity index (χ4n) is 9.45. The first-order valence-corrected chi connectivity index (χ1v) is 28.6. The zero-order chi connectivity index (χ0) is 66.9. The molecule has 6 amide bonds. The van der Waals surface area contributed by atoms with Gasteiger partial charge in [-0.25, -0.2) is 19.2 Å². The Bertz CT molecular complexity index is 2710. The van der Waals surface area contributed by atoms with E-state index in [2.05, 4.69) is 26.6 Å². The summed E-state index contributed by atoms with van der Waals surface area (Å²) in [6.45, 7) is -2.59. The Kier molecular flexibility index (Phi) is 33.2. The van der Waals surface area contributed by atoms with Gasteiger partial charge in [-0.15, -0.1) is 0 Å². The van der Waals surface area contributed by atoms with Gasteiger partial charge in [-0.2, -0.15) is 0 Å². The Morgan fingerprint density at radius 3 is 1.47 bits per heavy atom. The maximum Gasteiger partial charge on any atom is 0.326 e. The van der Waals surface area contributed by atoms with Gasteiger partial charge in [0.15, 0.2) is 12.9 Å². The third kappa shape index (κ3) is 30.2. The summed E-state index contributed by atoms with van der Waals surface area (Å²) in [6, 6.07) is 5.22. The van der Waals surface area contributed by atoms with Crippen molar-refractivity contribution < 1.29 is 118 Å². The molecule has 0 aromatic heterocycles. The summed E-state index contributed by atoms with van der Waals surface area (Å²) >= 11 is 0. The van der Waals surface area contributed by atoms with Crippen molar-refractivity contribution in [3.63, 3.8) is 0 Å². The fourth-order valence-corrected chi connectivity index (χ4v) is 9.45. The molecule has 0 bridgehead atoms. The van der Waals surface area contributed by atoms with Gasteiger partial charge >= 0.3 is 53.8 Å². The van der Waals surface area contributed by atoms with Crippen LogP contribution in [0.5, 0.6) is 5.75 Å². The number of hydrogen-bond acceptors (Lipinski definition) is 20. The lowest BCUT2D eigenvalue weighted by atomic mass is 10.0. The van der Waals surface area contributed by atoms with E-state index in [1.54, 1.807) is 30.3 Å². The number of unbranched alkanes of at least 4 members (excludes halogenated alkanes) is 1. The third-order valence-electron chi connectivity index (χ3n) is 14.2. The van der Waals surface area contributed by atoms with Gasteiger partial charge in [-0.1, -0.05) is 42.5 Å². The molecule has 0 spiro atoms. The van der Waals surface area contributed by atoms with Crippen molar-refractivity contribution in [1.82, 2.24) is 51.5 Å². The van der Waals surface area contributed by atoms with Crippen LogP contribution < -0.4 is 36.6 Å². The molecule has 6 atom stereocenters. The SMILES string of the molecule is O=C(O)CCC(C(=O)O)N1CCN(CC(=O)O)CCN(C(CCC(=O)NCC(=O)N[C@@H](Cc2ccc(OCC(=O)N[C@@H](Cc3ccccc3)C(=O)NCCCC[C@H](NC(=O)N[C@@H](CCC(=O)O)C(=O)O)C(=O)O)cc2)C(=O)O)C(O)O)CCN(CC(=O)O)CC1. The third-order valence-corrected chi connectivity index (χ3v) is 14.2. The molecular weight excluding hydrogens is 1200 g/mol. The van der Waals surface area contributed by atoms with Crippen molar-refractivity contribution in [3.8, 4) is 5.75 Å². The van der Waals surface area contributed by atoms with Crippen LogP contribution in [0.4, 0.5) is 4.79 Å². The van der Waals surface area contributed by atoms with Crippen LogP contribution in [0.1, 0.15) is 68.9 Å². The molecule has 1 heterocycles. The van der Waals surface area contributed by atoms with Gasteiger partial charge in [0.1, 0.15) is 36.0 Å². The minimum absolute atomic E-state index is 0.0232. The molecule has 3 rings (SSSR count). The summed E-state index contributed by atoms with van der Waals surface area (Å²) in [5.74, 6) is -13.5. The second-order valence-corrected chi connectivity index (χ2v) is 21.0. The van der Waals surface area contributed by atoms with E-state index in [1.807, 2.05) is 5.32 Å². The minimum atomic E-state index is -2.08. The molecule has 1 fully saturated rings. The number of carboxylic acid groups (broad SMARTS) is 8. The molecule has 2 unspecified atom stereocenters. The number of hydrogen-bond donors (Lipinski definition) is 16. The van der Waals surface area contributed by atoms with E-state index >= 15 is 0 Å². The standard InChI is InChI=1S/C56H80N10O24/c67-43(16-14-41(54(85)86)65-24-20-63(31-48(74)75)22-26-66(42(55(87)88)15-18-47(72)73)27-23-64(21-25-65)32-49(76)77)58-30-44(68)60-40(53(83)84)29-35-9-11-36(12-10-35)90-33-45(69)59-39(28-34-6-2-1-3-7-34)50(78)57-19-5-4-8-37(51(79)80)61-56(89)62-38(52(81)82)13-17-46(70)71/h1-3,6-7,9-12,37-42,54,85-86H,4-5,8,13-33H2,(H,57,78)(H,58,67)(H,59,69)(H,60,68)(H,70,71)(H,72,73)(H,74,75)(H,76,77)(H,79,80)(H,81,82)(H,83,84)(H,87,88)(H2,61,62,89)/t37-,38-,39-,40-,41?,42?/m0/s1. The maximum atomic E-state index is 13.4. The van der Waals surface area contributed by atoms with Gasteiger partial charge in [-0.3, -0.25) is 62.8 Å². The molecule has 0 radical (unpaired) electrons. The summed E-state index contributed by atoms with van der Waals surface area (Å²) < 4.78 is 5.63. The van der Waals surface area contributed by atoms with Crippen LogP contribution in [0.25, 0.3) is 0 Å². The first-order valence-electron chi connectivity index (χ1n) is 28.6. The second kappa shape index (κ2) is 39.7. The van der Waals surface area contributed by atoms with Crippen LogP contribution in [0.3, 0.4) is 0 Å². The number of aliphatic carboxylic acids is 8. The zero-order valence-electron chi connectivity index (χ0n) is 49.2. The highest BCUT2D eigenvalue weighted by molar-refractivity contribution is 5.89. The molecule has 1 saturated heterocycles. The number of urea groups is 1. The monoisotopic (exact) mass is 1280 g/mol. The van der Waals surface area contributed by atoms with E-state index < -0.39 is 172 Å². The van der Waals surface area contributed by atoms with Crippen LogP contribution in [0.15, 0.2) is 54.6 Å². The predicted molar refractivity (Wildman–Crippen MR) is 309 cm³/mol. The fraction of sp³-hybridized carbons (Fsp3) is 0.554. The second-order valence-electron chi connectivity index (χ2n) is 21.0. The number of amides is 6. The van der Waals surface area contributed by atoms with E-state index in [9.17, 15) is 108 Å². The number of nitrogens with one attached hydrogen (secondary N) is 6. The van der Waals surface area contributed by atoms with Crippen molar-refractivity contribution in [2.45, 2.75) is 113 Å². The number of rotatable bonds is 39. The molecule has 34 nitrogen and oxygen atoms in total. The highest BCUT2D eigenvalue weighted by atomic mass is 16.5. The van der Waals surface area contributed by atoms with Crippen molar-refractivity contribution >= 4 is 77.4 Å². The van der Waals surface area contributed by atoms with Crippen molar-refractivity contribution in [3.05, 3.63) is 65.7 Å². The highest BCUT2D eigenvalue weighted by Crippen LogP contribution is 2.17.